The monoisotopic (exact) mass is 263 g/mol. The van der Waals surface area contributed by atoms with Gasteiger partial charge in [-0.2, -0.15) is 0 Å². The average molecular weight is 264 g/mol. The van der Waals surface area contributed by atoms with Gasteiger partial charge in [-0.25, -0.2) is 0 Å². The molecule has 1 aromatic carbocycles. The van der Waals surface area contributed by atoms with Gasteiger partial charge < -0.3 is 4.57 Å². The highest BCUT2D eigenvalue weighted by Gasteiger charge is 2.12. The van der Waals surface area contributed by atoms with Crippen molar-refractivity contribution in [2.45, 2.75) is 26.3 Å². The van der Waals surface area contributed by atoms with E-state index in [9.17, 15) is 9.59 Å². The number of halogens is 1. The van der Waals surface area contributed by atoms with Gasteiger partial charge in [-0.15, -0.1) is 0 Å². The number of fused-ring (bicyclic) bond motifs is 1. The van der Waals surface area contributed by atoms with E-state index in [1.807, 2.05) is 24.3 Å². The van der Waals surface area contributed by atoms with E-state index >= 15 is 0 Å². The number of unbranched alkanes of at least 4 members (excludes halogenated alkanes) is 1. The molecule has 0 bridgehead atoms. The van der Waals surface area contributed by atoms with E-state index in [2.05, 4.69) is 6.92 Å². The van der Waals surface area contributed by atoms with Crippen LogP contribution in [0.2, 0.25) is 0 Å². The van der Waals surface area contributed by atoms with Gasteiger partial charge in [0.15, 0.2) is 0 Å². The van der Waals surface area contributed by atoms with Crippen molar-refractivity contribution in [3.05, 3.63) is 46.2 Å². The molecular formula is C14H14ClNO2. The van der Waals surface area contributed by atoms with Gasteiger partial charge >= 0.3 is 0 Å². The number of carbonyl (C=O) groups is 1. The van der Waals surface area contributed by atoms with Gasteiger partial charge in [-0.3, -0.25) is 9.59 Å². The summed E-state index contributed by atoms with van der Waals surface area (Å²) in [7, 11) is 0. The predicted molar refractivity (Wildman–Crippen MR) is 73.3 cm³/mol. The molecule has 18 heavy (non-hydrogen) atoms. The Morgan fingerprint density at radius 2 is 2.06 bits per heavy atom. The number of aromatic nitrogens is 1. The maximum atomic E-state index is 12.0. The van der Waals surface area contributed by atoms with E-state index in [1.54, 1.807) is 4.57 Å². The number of hydrogen-bond donors (Lipinski definition) is 0. The number of para-hydroxylation sites is 1. The Balaban J connectivity index is 2.73. The maximum absolute atomic E-state index is 12.0. The lowest BCUT2D eigenvalue weighted by molar-refractivity contribution is 0.108. The van der Waals surface area contributed by atoms with Crippen molar-refractivity contribution < 1.29 is 4.79 Å². The lowest BCUT2D eigenvalue weighted by Gasteiger charge is -2.11. The van der Waals surface area contributed by atoms with Crippen LogP contribution in [-0.2, 0) is 6.54 Å². The lowest BCUT2D eigenvalue weighted by atomic mass is 10.1. The van der Waals surface area contributed by atoms with Crippen LogP contribution in [0.1, 0.15) is 30.1 Å². The molecule has 3 nitrogen and oxygen atoms in total. The molecule has 0 N–H and O–H groups in total. The number of aryl methyl sites for hydroxylation is 1. The Bertz CT molecular complexity index is 646. The van der Waals surface area contributed by atoms with Crippen molar-refractivity contribution in [1.29, 1.82) is 0 Å². The highest BCUT2D eigenvalue weighted by molar-refractivity contribution is 6.68. The van der Waals surface area contributed by atoms with Crippen LogP contribution in [0.3, 0.4) is 0 Å². The molecule has 2 aromatic rings. The molecule has 0 atom stereocenters. The van der Waals surface area contributed by atoms with Gasteiger partial charge in [-0.05, 0) is 24.1 Å². The van der Waals surface area contributed by atoms with Crippen molar-refractivity contribution in [3.63, 3.8) is 0 Å². The zero-order chi connectivity index (χ0) is 13.1. The first-order valence-electron chi connectivity index (χ1n) is 5.97. The minimum atomic E-state index is -0.592. The van der Waals surface area contributed by atoms with Crippen LogP contribution < -0.4 is 5.56 Å². The summed E-state index contributed by atoms with van der Waals surface area (Å²) in [6, 6.07) is 8.67. The molecule has 4 heteroatoms. The molecule has 94 valence electrons. The van der Waals surface area contributed by atoms with Crippen LogP contribution >= 0.6 is 11.6 Å². The minimum absolute atomic E-state index is 0.175. The second-order valence-corrected chi connectivity index (χ2v) is 4.54. The fraction of sp³-hybridized carbons (Fsp3) is 0.286. The fourth-order valence-corrected chi connectivity index (χ4v) is 2.20. The molecule has 0 spiro atoms. The van der Waals surface area contributed by atoms with Gasteiger partial charge in [0.05, 0.1) is 5.52 Å². The van der Waals surface area contributed by atoms with Gasteiger partial charge in [0, 0.05) is 23.6 Å². The SMILES string of the molecule is CCCCn1c(=O)cc(C(=O)Cl)c2ccccc21. The first-order valence-corrected chi connectivity index (χ1v) is 6.35. The van der Waals surface area contributed by atoms with E-state index in [0.29, 0.717) is 6.54 Å². The third-order valence-electron chi connectivity index (χ3n) is 2.97. The van der Waals surface area contributed by atoms with Gasteiger partial charge in [0.2, 0.25) is 0 Å². The van der Waals surface area contributed by atoms with Crippen LogP contribution in [0.15, 0.2) is 35.1 Å². The summed E-state index contributed by atoms with van der Waals surface area (Å²) in [5.74, 6) is 0. The summed E-state index contributed by atoms with van der Waals surface area (Å²) < 4.78 is 1.70. The zero-order valence-electron chi connectivity index (χ0n) is 10.1. The number of hydrogen-bond acceptors (Lipinski definition) is 2. The highest BCUT2D eigenvalue weighted by Crippen LogP contribution is 2.18. The molecule has 0 radical (unpaired) electrons. The molecule has 0 saturated carbocycles. The summed E-state index contributed by atoms with van der Waals surface area (Å²) in [5.41, 5.74) is 0.874. The molecule has 0 fully saturated rings. The van der Waals surface area contributed by atoms with Crippen LogP contribution in [-0.4, -0.2) is 9.81 Å². The highest BCUT2D eigenvalue weighted by atomic mass is 35.5. The number of carbonyl (C=O) groups excluding carboxylic acids is 1. The quantitative estimate of drug-likeness (QED) is 0.795. The lowest BCUT2D eigenvalue weighted by Crippen LogP contribution is -2.21. The third-order valence-corrected chi connectivity index (χ3v) is 3.17. The van der Waals surface area contributed by atoms with E-state index in [-0.39, 0.29) is 11.1 Å². The zero-order valence-corrected chi connectivity index (χ0v) is 10.9. The van der Waals surface area contributed by atoms with Crippen LogP contribution in [0.25, 0.3) is 10.9 Å². The largest absolute Gasteiger partial charge is 0.308 e. The number of benzene rings is 1. The minimum Gasteiger partial charge on any atom is -0.308 e. The molecule has 0 unspecified atom stereocenters. The molecule has 0 aliphatic carbocycles. The summed E-state index contributed by atoms with van der Waals surface area (Å²) in [5, 5.41) is 0.138. The fourth-order valence-electron chi connectivity index (χ4n) is 2.04. The van der Waals surface area contributed by atoms with Crippen LogP contribution in [0.5, 0.6) is 0 Å². The van der Waals surface area contributed by atoms with Crippen molar-refractivity contribution in [2.24, 2.45) is 0 Å². The Labute approximate surface area is 110 Å². The predicted octanol–water partition coefficient (Wildman–Crippen LogP) is 3.18. The molecule has 1 heterocycles. The molecule has 0 amide bonds. The number of rotatable bonds is 4. The first-order chi connectivity index (χ1) is 8.65. The smallest absolute Gasteiger partial charge is 0.253 e. The van der Waals surface area contributed by atoms with Crippen molar-refractivity contribution in [1.82, 2.24) is 4.57 Å². The van der Waals surface area contributed by atoms with E-state index in [4.69, 9.17) is 11.6 Å². The van der Waals surface area contributed by atoms with E-state index in [1.165, 1.54) is 6.07 Å². The van der Waals surface area contributed by atoms with Crippen molar-refractivity contribution in [3.8, 4) is 0 Å². The van der Waals surface area contributed by atoms with Gasteiger partial charge in [0.1, 0.15) is 0 Å². The Morgan fingerprint density at radius 3 is 2.72 bits per heavy atom. The molecular weight excluding hydrogens is 250 g/mol. The average Bonchev–Trinajstić information content (AvgIpc) is 2.36. The number of nitrogens with zero attached hydrogens (tertiary/aromatic N) is 1. The standard InChI is InChI=1S/C14H14ClNO2/c1-2-3-8-16-12-7-5-4-6-10(12)11(14(15)18)9-13(16)17/h4-7,9H,2-3,8H2,1H3. The summed E-state index contributed by atoms with van der Waals surface area (Å²) >= 11 is 5.52. The van der Waals surface area contributed by atoms with Gasteiger partial charge in [0.25, 0.3) is 10.8 Å². The normalized spacial score (nSPS) is 10.8. The van der Waals surface area contributed by atoms with Crippen LogP contribution in [0, 0.1) is 0 Å². The molecule has 2 rings (SSSR count). The van der Waals surface area contributed by atoms with Gasteiger partial charge in [-0.1, -0.05) is 31.5 Å². The Morgan fingerprint density at radius 1 is 1.33 bits per heavy atom. The van der Waals surface area contributed by atoms with Crippen molar-refractivity contribution in [2.75, 3.05) is 0 Å². The molecule has 0 aliphatic rings. The third kappa shape index (κ3) is 2.31. The Hall–Kier alpha value is -1.61. The first kappa shape index (κ1) is 12.8. The summed E-state index contributed by atoms with van der Waals surface area (Å²) in [6.45, 7) is 2.73. The topological polar surface area (TPSA) is 39.1 Å². The molecule has 0 saturated heterocycles. The molecule has 1 aromatic heterocycles. The summed E-state index contributed by atoms with van der Waals surface area (Å²) in [6.07, 6.45) is 1.94. The second kappa shape index (κ2) is 5.36. The van der Waals surface area contributed by atoms with E-state index < -0.39 is 5.24 Å². The molecule has 0 aliphatic heterocycles. The summed E-state index contributed by atoms with van der Waals surface area (Å²) in [4.78, 5) is 23.4. The maximum Gasteiger partial charge on any atom is 0.253 e. The van der Waals surface area contributed by atoms with E-state index in [0.717, 1.165) is 23.7 Å². The van der Waals surface area contributed by atoms with Crippen molar-refractivity contribution >= 4 is 27.7 Å². The number of pyridine rings is 1. The second-order valence-electron chi connectivity index (χ2n) is 4.19. The Kier molecular flexibility index (Phi) is 3.82. The van der Waals surface area contributed by atoms with Crippen LogP contribution in [0.4, 0.5) is 0 Å².